The van der Waals surface area contributed by atoms with E-state index < -0.39 is 10.8 Å². The van der Waals surface area contributed by atoms with Crippen LogP contribution in [-0.4, -0.2) is 36.3 Å². The summed E-state index contributed by atoms with van der Waals surface area (Å²) in [5, 5.41) is 9.72. The quantitative estimate of drug-likeness (QED) is 0.102. The van der Waals surface area contributed by atoms with Gasteiger partial charge in [0, 0.05) is 17.4 Å². The summed E-state index contributed by atoms with van der Waals surface area (Å²) >= 11 is 0. The number of rotatable bonds is 10. The minimum atomic E-state index is -0.684. The topological polar surface area (TPSA) is 139 Å². The van der Waals surface area contributed by atoms with Gasteiger partial charge < -0.3 is 22.1 Å². The van der Waals surface area contributed by atoms with Gasteiger partial charge >= 0.3 is 0 Å². The Morgan fingerprint density at radius 1 is 0.784 bits per heavy atom. The van der Waals surface area contributed by atoms with Gasteiger partial charge in [0.05, 0.1) is 16.9 Å². The number of unbranched alkanes of at least 4 members (excludes halogenated alkanes) is 1. The zero-order valence-corrected chi connectivity index (χ0v) is 32.1. The number of hydrogen-bond donors (Lipinski definition) is 5. The number of fused-ring (bicyclic) bond motifs is 6. The molecule has 0 spiro atoms. The largest absolute Gasteiger partial charge is 0.399 e. The Balaban J connectivity index is 1.21. The predicted molar refractivity (Wildman–Crippen MR) is 206 cm³/mol. The molecule has 0 bridgehead atoms. The third kappa shape index (κ3) is 6.76. The molecule has 0 radical (unpaired) electrons. The first-order chi connectivity index (χ1) is 24.2. The van der Waals surface area contributed by atoms with Crippen molar-refractivity contribution in [1.82, 2.24) is 10.6 Å². The van der Waals surface area contributed by atoms with Gasteiger partial charge in [0.2, 0.25) is 17.7 Å². The molecule has 0 saturated heterocycles. The zero-order chi connectivity index (χ0) is 36.8. The lowest BCUT2D eigenvalue weighted by Crippen LogP contribution is -2.60. The number of nitrogens with two attached hydrogens (primary N) is 2. The molecule has 51 heavy (non-hydrogen) atoms. The zero-order valence-electron chi connectivity index (χ0n) is 32.1. The average Bonchev–Trinajstić information content (AvgIpc) is 3.08. The number of benzene rings is 2. The fourth-order valence-electron chi connectivity index (χ4n) is 11.4. The number of amides is 3. The van der Waals surface area contributed by atoms with E-state index in [4.69, 9.17) is 11.5 Å². The van der Waals surface area contributed by atoms with Gasteiger partial charge in [-0.15, -0.1) is 0 Å². The highest BCUT2D eigenvalue weighted by molar-refractivity contribution is 6.01. The lowest BCUT2D eigenvalue weighted by molar-refractivity contribution is -0.150. The molecule has 6 rings (SSSR count). The minimum absolute atomic E-state index is 0.0261. The van der Waals surface area contributed by atoms with E-state index in [1.807, 2.05) is 12.1 Å². The standard InChI is InChI=1S/C43H63N5O3/c1-27(2)46-34(11-7-8-24-44)37(49)47-31-17-13-29-15-19-36-41(4,33(29)26-31)21-10-23-43(36,6)39(51)48-38(50)42(5)22-9-20-40(3)32-25-30(45)16-12-28(32)14-18-35(40)42/h12-13,16-17,25-27,34-36,46H,7-11,14-15,18-24,44-45H2,1-6H3,(H,47,49)(H,48,50,51)/t34-,35+,36+,40+,41+,42-,43-/m0/s1. The molecule has 2 aromatic rings. The van der Waals surface area contributed by atoms with Gasteiger partial charge in [-0.05, 0) is 140 Å². The number of imide groups is 1. The number of aryl methyl sites for hydroxylation is 2. The molecular weight excluding hydrogens is 635 g/mol. The Labute approximate surface area is 306 Å². The van der Waals surface area contributed by atoms with Gasteiger partial charge in [0.25, 0.3) is 0 Å². The number of hydrogen-bond acceptors (Lipinski definition) is 6. The Bertz CT molecular complexity index is 1660. The summed E-state index contributed by atoms with van der Waals surface area (Å²) < 4.78 is 0. The molecule has 2 fully saturated rings. The van der Waals surface area contributed by atoms with E-state index in [-0.39, 0.29) is 52.5 Å². The van der Waals surface area contributed by atoms with Crippen LogP contribution in [0.2, 0.25) is 0 Å². The van der Waals surface area contributed by atoms with Crippen LogP contribution in [0.1, 0.15) is 134 Å². The summed E-state index contributed by atoms with van der Waals surface area (Å²) in [6.07, 6.45) is 11.5. The van der Waals surface area contributed by atoms with Crippen LogP contribution in [0.3, 0.4) is 0 Å². The van der Waals surface area contributed by atoms with Crippen LogP contribution in [-0.2, 0) is 38.1 Å². The van der Waals surface area contributed by atoms with Crippen LogP contribution in [0.5, 0.6) is 0 Å². The normalized spacial score (nSPS) is 31.8. The van der Waals surface area contributed by atoms with Crippen LogP contribution < -0.4 is 27.4 Å². The minimum Gasteiger partial charge on any atom is -0.399 e. The van der Waals surface area contributed by atoms with Gasteiger partial charge in [-0.3, -0.25) is 19.7 Å². The molecule has 8 nitrogen and oxygen atoms in total. The third-order valence-corrected chi connectivity index (χ3v) is 14.1. The Hall–Kier alpha value is -3.23. The fourth-order valence-corrected chi connectivity index (χ4v) is 11.4. The summed E-state index contributed by atoms with van der Waals surface area (Å²) in [7, 11) is 0. The van der Waals surface area contributed by atoms with E-state index in [9.17, 15) is 14.4 Å². The first kappa shape index (κ1) is 37.5. The van der Waals surface area contributed by atoms with E-state index in [0.717, 1.165) is 94.8 Å². The maximum atomic E-state index is 14.6. The Morgan fingerprint density at radius 3 is 1.88 bits per heavy atom. The number of nitrogen functional groups attached to an aromatic ring is 1. The number of nitrogens with one attached hydrogen (secondary N) is 3. The summed E-state index contributed by atoms with van der Waals surface area (Å²) in [5.41, 5.74) is 17.0. The van der Waals surface area contributed by atoms with Gasteiger partial charge in [-0.2, -0.15) is 0 Å². The SMILES string of the molecule is CC(C)N[C@@H](CCCCN)C(=O)Nc1ccc2c(c1)[C@@]1(C)CCC[C@](C)(C(=O)NC(=O)[C@@]3(C)CCC[C@]4(C)c5cc(N)ccc5CC[C@@H]34)[C@@H]1CC2. The average molecular weight is 698 g/mol. The Morgan fingerprint density at radius 2 is 1.33 bits per heavy atom. The van der Waals surface area contributed by atoms with Gasteiger partial charge in [0.15, 0.2) is 0 Å². The fraction of sp³-hybridized carbons (Fsp3) is 0.651. The predicted octanol–water partition coefficient (Wildman–Crippen LogP) is 7.07. The molecule has 0 aromatic heterocycles. The molecule has 2 aromatic carbocycles. The second-order valence-corrected chi connectivity index (χ2v) is 17.8. The maximum Gasteiger partial charge on any atom is 0.241 e. The summed E-state index contributed by atoms with van der Waals surface area (Å²) in [6, 6.07) is 12.5. The van der Waals surface area contributed by atoms with Crippen molar-refractivity contribution in [2.45, 2.75) is 148 Å². The molecule has 7 atom stereocenters. The molecule has 278 valence electrons. The second kappa shape index (κ2) is 14.3. The summed E-state index contributed by atoms with van der Waals surface area (Å²) in [4.78, 5) is 42.6. The van der Waals surface area contributed by atoms with Crippen molar-refractivity contribution in [3.8, 4) is 0 Å². The van der Waals surface area contributed by atoms with Crippen molar-refractivity contribution in [2.75, 3.05) is 17.6 Å². The molecular formula is C43H63N5O3. The molecule has 0 aliphatic heterocycles. The Kier molecular flexibility index (Phi) is 10.5. The van der Waals surface area contributed by atoms with Crippen LogP contribution in [0.15, 0.2) is 36.4 Å². The maximum absolute atomic E-state index is 14.6. The van der Waals surface area contributed by atoms with Crippen LogP contribution >= 0.6 is 0 Å². The molecule has 4 aliphatic carbocycles. The van der Waals surface area contributed by atoms with Crippen molar-refractivity contribution in [1.29, 1.82) is 0 Å². The van der Waals surface area contributed by atoms with Crippen LogP contribution in [0, 0.1) is 22.7 Å². The van der Waals surface area contributed by atoms with Crippen molar-refractivity contribution >= 4 is 29.1 Å². The van der Waals surface area contributed by atoms with Crippen molar-refractivity contribution in [3.63, 3.8) is 0 Å². The monoisotopic (exact) mass is 697 g/mol. The molecule has 2 saturated carbocycles. The number of carbonyl (C=O) groups excluding carboxylic acids is 3. The van der Waals surface area contributed by atoms with Crippen molar-refractivity contribution < 1.29 is 14.4 Å². The van der Waals surface area contributed by atoms with Crippen molar-refractivity contribution in [3.05, 3.63) is 58.7 Å². The van der Waals surface area contributed by atoms with E-state index in [1.54, 1.807) is 0 Å². The number of anilines is 2. The van der Waals surface area contributed by atoms with Crippen LogP contribution in [0.4, 0.5) is 11.4 Å². The smallest absolute Gasteiger partial charge is 0.241 e. The molecule has 3 amide bonds. The highest BCUT2D eigenvalue weighted by atomic mass is 16.2. The second-order valence-electron chi connectivity index (χ2n) is 17.8. The highest BCUT2D eigenvalue weighted by Crippen LogP contribution is 2.59. The first-order valence-corrected chi connectivity index (χ1v) is 19.8. The van der Waals surface area contributed by atoms with E-state index in [1.165, 1.54) is 22.3 Å². The van der Waals surface area contributed by atoms with Crippen molar-refractivity contribution in [2.24, 2.45) is 28.4 Å². The lowest BCUT2D eigenvalue weighted by Gasteiger charge is -2.56. The molecule has 4 aliphatic rings. The molecule has 8 heteroatoms. The van der Waals surface area contributed by atoms with Crippen LogP contribution in [0.25, 0.3) is 0 Å². The molecule has 0 heterocycles. The van der Waals surface area contributed by atoms with E-state index in [2.05, 4.69) is 81.8 Å². The summed E-state index contributed by atoms with van der Waals surface area (Å²) in [6.45, 7) is 13.6. The van der Waals surface area contributed by atoms with Gasteiger partial charge in [-0.25, -0.2) is 0 Å². The lowest BCUT2D eigenvalue weighted by atomic mass is 9.49. The number of carbonyl (C=O) groups is 3. The molecule has 0 unspecified atom stereocenters. The first-order valence-electron chi connectivity index (χ1n) is 19.8. The van der Waals surface area contributed by atoms with Gasteiger partial charge in [0.1, 0.15) is 0 Å². The van der Waals surface area contributed by atoms with E-state index in [0.29, 0.717) is 6.54 Å². The summed E-state index contributed by atoms with van der Waals surface area (Å²) in [5.74, 6) is -0.0456. The highest BCUT2D eigenvalue weighted by Gasteiger charge is 2.58. The van der Waals surface area contributed by atoms with E-state index >= 15 is 0 Å². The van der Waals surface area contributed by atoms with Gasteiger partial charge in [-0.1, -0.05) is 72.9 Å². The third-order valence-electron chi connectivity index (χ3n) is 14.1. The molecule has 7 N–H and O–H groups in total.